The van der Waals surface area contributed by atoms with Crippen LogP contribution in [0.1, 0.15) is 36.7 Å². The lowest BCUT2D eigenvalue weighted by molar-refractivity contribution is -0.138. The maximum atomic E-state index is 13.2. The van der Waals surface area contributed by atoms with Crippen LogP contribution in [0.5, 0.6) is 5.88 Å². The van der Waals surface area contributed by atoms with Crippen molar-refractivity contribution in [3.05, 3.63) is 23.9 Å². The van der Waals surface area contributed by atoms with E-state index in [4.69, 9.17) is 9.47 Å². The lowest BCUT2D eigenvalue weighted by Crippen LogP contribution is -2.48. The summed E-state index contributed by atoms with van der Waals surface area (Å²) in [6.07, 6.45) is 2.33. The van der Waals surface area contributed by atoms with Gasteiger partial charge in [-0.3, -0.25) is 19.3 Å². The SMILES string of the molecule is CC(=O)N1CCOCCOc2cccc(n2)C(=O)N[C@@H]2C[C@@H](C(=O)N3CCC(CC3)C1)N(C)C2. The minimum atomic E-state index is -0.274. The van der Waals surface area contributed by atoms with E-state index in [2.05, 4.69) is 10.3 Å². The molecule has 1 aromatic rings. The monoisotopic (exact) mass is 473 g/mol. The third-order valence-electron chi connectivity index (χ3n) is 6.96. The molecule has 0 unspecified atom stereocenters. The summed E-state index contributed by atoms with van der Waals surface area (Å²) in [5.74, 6) is 0.608. The van der Waals surface area contributed by atoms with E-state index in [9.17, 15) is 14.4 Å². The van der Waals surface area contributed by atoms with Crippen LogP contribution >= 0.6 is 0 Å². The third kappa shape index (κ3) is 6.04. The van der Waals surface area contributed by atoms with E-state index in [-0.39, 0.29) is 35.5 Å². The smallest absolute Gasteiger partial charge is 0.270 e. The van der Waals surface area contributed by atoms with Crippen LogP contribution < -0.4 is 10.1 Å². The summed E-state index contributed by atoms with van der Waals surface area (Å²) < 4.78 is 11.3. The van der Waals surface area contributed by atoms with E-state index in [1.807, 2.05) is 21.7 Å². The molecule has 3 amide bonds. The summed E-state index contributed by atoms with van der Waals surface area (Å²) in [5.41, 5.74) is 0.279. The molecule has 1 aromatic heterocycles. The molecule has 0 aliphatic carbocycles. The van der Waals surface area contributed by atoms with Crippen LogP contribution in [-0.4, -0.2) is 109 Å². The Kier molecular flexibility index (Phi) is 7.99. The van der Waals surface area contributed by atoms with Crippen molar-refractivity contribution in [1.82, 2.24) is 25.0 Å². The molecule has 0 spiro atoms. The van der Waals surface area contributed by atoms with Crippen LogP contribution in [-0.2, 0) is 14.3 Å². The number of pyridine rings is 1. The molecule has 5 heterocycles. The molecular weight excluding hydrogens is 438 g/mol. The molecule has 10 nitrogen and oxygen atoms in total. The fraction of sp³-hybridized carbons (Fsp3) is 0.667. The Bertz CT molecular complexity index is 888. The van der Waals surface area contributed by atoms with Gasteiger partial charge in [0.05, 0.1) is 19.3 Å². The number of amides is 3. The summed E-state index contributed by atoms with van der Waals surface area (Å²) in [5, 5.41) is 3.03. The van der Waals surface area contributed by atoms with Crippen molar-refractivity contribution in [3.63, 3.8) is 0 Å². The number of piperidine rings is 1. The third-order valence-corrected chi connectivity index (χ3v) is 6.96. The highest BCUT2D eigenvalue weighted by Crippen LogP contribution is 2.24. The van der Waals surface area contributed by atoms with E-state index in [0.717, 1.165) is 12.8 Å². The normalized spacial score (nSPS) is 27.6. The quantitative estimate of drug-likeness (QED) is 0.543. The van der Waals surface area contributed by atoms with Crippen LogP contribution in [0.15, 0.2) is 18.2 Å². The van der Waals surface area contributed by atoms with Gasteiger partial charge in [0.15, 0.2) is 0 Å². The Hall–Kier alpha value is -2.72. The van der Waals surface area contributed by atoms with Crippen LogP contribution in [0, 0.1) is 5.92 Å². The van der Waals surface area contributed by atoms with Crippen LogP contribution in [0.4, 0.5) is 0 Å². The lowest BCUT2D eigenvalue weighted by Gasteiger charge is -2.36. The molecular formula is C24H35N5O5. The fourth-order valence-corrected chi connectivity index (χ4v) is 4.99. The van der Waals surface area contributed by atoms with E-state index in [0.29, 0.717) is 70.8 Å². The highest BCUT2D eigenvalue weighted by Gasteiger charge is 2.38. The number of nitrogens with one attached hydrogen (secondary N) is 1. The Balaban J connectivity index is 1.47. The summed E-state index contributed by atoms with van der Waals surface area (Å²) in [7, 11) is 1.93. The standard InChI is InChI=1S/C24H35N5O5/c1-17(30)29-10-11-33-12-13-34-22-5-3-4-20(26-22)23(31)25-19-14-21(27(2)16-19)24(32)28-8-6-18(15-29)7-9-28/h3-5,18-19,21H,6-16H2,1-2H3,(H,25,31)/t19-,21+/m1/s1. The van der Waals surface area contributed by atoms with Gasteiger partial charge < -0.3 is 24.6 Å². The molecule has 2 saturated heterocycles. The number of rotatable bonds is 0. The van der Waals surface area contributed by atoms with Crippen LogP contribution in [0.3, 0.4) is 0 Å². The number of likely N-dealkylation sites (N-methyl/N-ethyl adjacent to an activating group) is 1. The molecule has 6 bridgehead atoms. The van der Waals surface area contributed by atoms with Crippen LogP contribution in [0.25, 0.3) is 0 Å². The number of carbonyl (C=O) groups excluding carboxylic acids is 3. The van der Waals surface area contributed by atoms with Gasteiger partial charge in [0.1, 0.15) is 12.3 Å². The number of fused-ring (bicyclic) bond motifs is 10. The van der Waals surface area contributed by atoms with Gasteiger partial charge in [0.2, 0.25) is 17.7 Å². The molecule has 5 rings (SSSR count). The van der Waals surface area contributed by atoms with Crippen molar-refractivity contribution in [1.29, 1.82) is 0 Å². The zero-order chi connectivity index (χ0) is 24.1. The molecule has 0 saturated carbocycles. The molecule has 2 fully saturated rings. The van der Waals surface area contributed by atoms with Gasteiger partial charge in [0.25, 0.3) is 5.91 Å². The van der Waals surface area contributed by atoms with Crippen molar-refractivity contribution < 1.29 is 23.9 Å². The Morgan fingerprint density at radius 2 is 1.88 bits per heavy atom. The van der Waals surface area contributed by atoms with E-state index < -0.39 is 0 Å². The zero-order valence-corrected chi connectivity index (χ0v) is 20.1. The van der Waals surface area contributed by atoms with E-state index in [1.165, 1.54) is 0 Å². The van der Waals surface area contributed by atoms with Gasteiger partial charge in [-0.05, 0) is 38.3 Å². The Morgan fingerprint density at radius 1 is 1.09 bits per heavy atom. The van der Waals surface area contributed by atoms with Crippen molar-refractivity contribution in [2.45, 2.75) is 38.3 Å². The van der Waals surface area contributed by atoms with Gasteiger partial charge in [0, 0.05) is 51.8 Å². The van der Waals surface area contributed by atoms with Gasteiger partial charge in [-0.1, -0.05) is 6.07 Å². The van der Waals surface area contributed by atoms with Crippen molar-refractivity contribution >= 4 is 17.7 Å². The van der Waals surface area contributed by atoms with E-state index in [1.54, 1.807) is 25.1 Å². The first-order valence-corrected chi connectivity index (χ1v) is 12.1. The predicted octanol–water partition coefficient (Wildman–Crippen LogP) is 0.380. The van der Waals surface area contributed by atoms with Crippen LogP contribution in [0.2, 0.25) is 0 Å². The highest BCUT2D eigenvalue weighted by molar-refractivity contribution is 5.92. The number of carbonyl (C=O) groups is 3. The topological polar surface area (TPSA) is 104 Å². The van der Waals surface area contributed by atoms with Gasteiger partial charge >= 0.3 is 0 Å². The molecule has 34 heavy (non-hydrogen) atoms. The summed E-state index contributed by atoms with van der Waals surface area (Å²) in [6.45, 7) is 5.88. The fourth-order valence-electron chi connectivity index (χ4n) is 4.99. The zero-order valence-electron chi connectivity index (χ0n) is 20.1. The molecule has 0 radical (unpaired) electrons. The predicted molar refractivity (Wildman–Crippen MR) is 124 cm³/mol. The number of aromatic nitrogens is 1. The molecule has 1 N–H and O–H groups in total. The van der Waals surface area contributed by atoms with Gasteiger partial charge in [-0.2, -0.15) is 0 Å². The maximum absolute atomic E-state index is 13.2. The summed E-state index contributed by atoms with van der Waals surface area (Å²) in [6, 6.07) is 4.71. The first-order chi connectivity index (χ1) is 16.4. The molecule has 4 aliphatic heterocycles. The number of ether oxygens (including phenoxy) is 2. The molecule has 4 aliphatic rings. The lowest BCUT2D eigenvalue weighted by atomic mass is 9.95. The molecule has 186 valence electrons. The number of hydrogen-bond acceptors (Lipinski definition) is 7. The molecule has 0 aromatic carbocycles. The van der Waals surface area contributed by atoms with Gasteiger partial charge in [-0.15, -0.1) is 0 Å². The second-order valence-corrected chi connectivity index (χ2v) is 9.42. The average Bonchev–Trinajstić information content (AvgIpc) is 3.19. The number of likely N-dealkylation sites (tertiary alicyclic amines) is 1. The van der Waals surface area contributed by atoms with Crippen molar-refractivity contribution in [3.8, 4) is 5.88 Å². The maximum Gasteiger partial charge on any atom is 0.270 e. The van der Waals surface area contributed by atoms with Gasteiger partial charge in [-0.25, -0.2) is 4.98 Å². The number of nitrogens with zero attached hydrogens (tertiary/aromatic N) is 4. The average molecular weight is 474 g/mol. The minimum absolute atomic E-state index is 0.0357. The molecule has 10 heteroatoms. The summed E-state index contributed by atoms with van der Waals surface area (Å²) in [4.78, 5) is 48.3. The Labute approximate surface area is 200 Å². The summed E-state index contributed by atoms with van der Waals surface area (Å²) >= 11 is 0. The first-order valence-electron chi connectivity index (χ1n) is 12.1. The largest absolute Gasteiger partial charge is 0.475 e. The minimum Gasteiger partial charge on any atom is -0.475 e. The second kappa shape index (κ2) is 11.1. The van der Waals surface area contributed by atoms with Crippen molar-refractivity contribution in [2.75, 3.05) is 59.6 Å². The van der Waals surface area contributed by atoms with Crippen molar-refractivity contribution in [2.24, 2.45) is 5.92 Å². The highest BCUT2D eigenvalue weighted by atomic mass is 16.5. The van der Waals surface area contributed by atoms with E-state index >= 15 is 0 Å². The second-order valence-electron chi connectivity index (χ2n) is 9.42. The molecule has 2 atom stereocenters. The Morgan fingerprint density at radius 3 is 2.65 bits per heavy atom. The number of hydrogen-bond donors (Lipinski definition) is 1. The first kappa shape index (κ1) is 24.4.